The second kappa shape index (κ2) is 9.29. The summed E-state index contributed by atoms with van der Waals surface area (Å²) in [5.74, 6) is -2.68. The summed E-state index contributed by atoms with van der Waals surface area (Å²) in [7, 11) is -3.14. The van der Waals surface area contributed by atoms with Crippen molar-refractivity contribution in [3.05, 3.63) is 69.7 Å². The second-order valence-corrected chi connectivity index (χ2v) is 11.4. The molecule has 7 nitrogen and oxygen atoms in total. The smallest absolute Gasteiger partial charge is 0.435 e. The molecule has 3 aromatic rings. The van der Waals surface area contributed by atoms with Gasteiger partial charge in [-0.15, -0.1) is 10.2 Å². The number of nitrogens with zero attached hydrogens (tertiary/aromatic N) is 2. The molecule has 202 valence electrons. The van der Waals surface area contributed by atoms with E-state index in [1.807, 2.05) is 0 Å². The molecular formula is C25H23F5N4O3S. The maximum absolute atomic E-state index is 15.0. The fraction of sp³-hybridized carbons (Fsp3) is 0.320. The molecule has 1 aliphatic rings. The molecule has 1 unspecified atom stereocenters. The van der Waals surface area contributed by atoms with Crippen LogP contribution in [0, 0.1) is 31.4 Å². The molecule has 13 heteroatoms. The molecule has 1 saturated carbocycles. The average molecular weight is 555 g/mol. The van der Waals surface area contributed by atoms with Crippen molar-refractivity contribution in [3.63, 3.8) is 0 Å². The number of amides is 1. The minimum absolute atomic E-state index is 0.0606. The number of aromatic nitrogens is 2. The van der Waals surface area contributed by atoms with Crippen LogP contribution in [-0.2, 0) is 21.6 Å². The predicted octanol–water partition coefficient (Wildman–Crippen LogP) is 6.60. The highest BCUT2D eigenvalue weighted by atomic mass is 32.2. The van der Waals surface area contributed by atoms with E-state index in [9.17, 15) is 26.6 Å². The highest BCUT2D eigenvalue weighted by Crippen LogP contribution is 2.52. The summed E-state index contributed by atoms with van der Waals surface area (Å²) in [6.45, 7) is 3.85. The normalized spacial score (nSPS) is 16.0. The Morgan fingerprint density at radius 1 is 1.13 bits per heavy atom. The lowest BCUT2D eigenvalue weighted by Crippen LogP contribution is -2.21. The van der Waals surface area contributed by atoms with Crippen LogP contribution in [0.3, 0.4) is 0 Å². The number of anilines is 1. The predicted molar refractivity (Wildman–Crippen MR) is 129 cm³/mol. The lowest BCUT2D eigenvalue weighted by molar-refractivity contribution is -0.142. The third kappa shape index (κ3) is 5.19. The van der Waals surface area contributed by atoms with Gasteiger partial charge in [0.15, 0.2) is 5.69 Å². The first kappa shape index (κ1) is 27.4. The van der Waals surface area contributed by atoms with Crippen molar-refractivity contribution < 1.29 is 35.7 Å². The van der Waals surface area contributed by atoms with E-state index in [0.29, 0.717) is 0 Å². The van der Waals surface area contributed by atoms with Crippen molar-refractivity contribution >= 4 is 21.3 Å². The third-order valence-electron chi connectivity index (χ3n) is 6.22. The van der Waals surface area contributed by atoms with Crippen LogP contribution in [0.25, 0.3) is 0 Å². The van der Waals surface area contributed by atoms with Gasteiger partial charge in [-0.3, -0.25) is 4.79 Å². The van der Waals surface area contributed by atoms with Crippen LogP contribution in [0.5, 0.6) is 11.6 Å². The Hall–Kier alpha value is -3.61. The molecule has 1 amide bonds. The fourth-order valence-electron chi connectivity index (χ4n) is 4.02. The van der Waals surface area contributed by atoms with E-state index in [4.69, 9.17) is 9.52 Å². The molecule has 2 aromatic carbocycles. The largest absolute Gasteiger partial charge is 0.436 e. The van der Waals surface area contributed by atoms with Crippen molar-refractivity contribution in [2.45, 2.75) is 50.4 Å². The van der Waals surface area contributed by atoms with Gasteiger partial charge in [0.1, 0.15) is 22.8 Å². The molecule has 1 fully saturated rings. The Morgan fingerprint density at radius 2 is 1.79 bits per heavy atom. The van der Waals surface area contributed by atoms with Gasteiger partial charge >= 0.3 is 6.18 Å². The molecule has 0 radical (unpaired) electrons. The number of alkyl halides is 4. The molecule has 1 atom stereocenters. The van der Waals surface area contributed by atoms with Gasteiger partial charge in [0, 0.05) is 28.0 Å². The molecular weight excluding hydrogens is 531 g/mol. The summed E-state index contributed by atoms with van der Waals surface area (Å²) in [4.78, 5) is 13.3. The summed E-state index contributed by atoms with van der Waals surface area (Å²) in [6.07, 6.45) is -3.42. The molecule has 1 aromatic heterocycles. The maximum atomic E-state index is 15.0. The molecule has 0 saturated heterocycles. The van der Waals surface area contributed by atoms with Crippen LogP contribution in [0.2, 0.25) is 0 Å². The average Bonchev–Trinajstić information content (AvgIpc) is 3.56. The molecule has 0 spiro atoms. The molecule has 0 aliphatic heterocycles. The second-order valence-electron chi connectivity index (χ2n) is 9.25. The quantitative estimate of drug-likeness (QED) is 0.334. The lowest BCUT2D eigenvalue weighted by Gasteiger charge is -2.19. The molecule has 1 aliphatic carbocycles. The van der Waals surface area contributed by atoms with E-state index in [1.54, 1.807) is 0 Å². The molecule has 4 rings (SSSR count). The number of carbonyl (C=O) groups excluding carboxylic acids is 1. The SMILES string of the molecule is Cc1cc(C2(F)CC2)c(F)c(C)c1Oc1nnc(C(F)(F)F)c(C)c1C(=O)Nc1cccc(S(C)(=N)=O)c1. The van der Waals surface area contributed by atoms with Crippen molar-refractivity contribution in [1.29, 1.82) is 4.78 Å². The van der Waals surface area contributed by atoms with Crippen LogP contribution in [-0.4, -0.2) is 26.6 Å². The third-order valence-corrected chi connectivity index (χ3v) is 7.37. The van der Waals surface area contributed by atoms with Gasteiger partial charge in [0.2, 0.25) is 0 Å². The number of hydrogen-bond donors (Lipinski definition) is 2. The monoisotopic (exact) mass is 554 g/mol. The van der Waals surface area contributed by atoms with Gasteiger partial charge in [0.05, 0.1) is 9.73 Å². The fourth-order valence-corrected chi connectivity index (χ4v) is 4.71. The van der Waals surface area contributed by atoms with E-state index >= 15 is 4.39 Å². The standard InChI is InChI=1S/C25H23F5N4O3S/c1-12-10-17(24(27)8-9-24)19(26)14(3)20(12)37-23-18(13(2)21(33-34-23)25(28,29)30)22(35)32-15-6-5-7-16(11-15)38(4,31)36/h5-7,10-11,31H,8-9H2,1-4H3,(H,32,35). The maximum Gasteiger partial charge on any atom is 0.435 e. The zero-order chi connectivity index (χ0) is 28.2. The Morgan fingerprint density at radius 3 is 2.37 bits per heavy atom. The summed E-state index contributed by atoms with van der Waals surface area (Å²) in [6, 6.07) is 6.76. The Kier molecular flexibility index (Phi) is 6.71. The van der Waals surface area contributed by atoms with Crippen molar-refractivity contribution in [3.8, 4) is 11.6 Å². The summed E-state index contributed by atoms with van der Waals surface area (Å²) in [5, 5.41) is 9.09. The van der Waals surface area contributed by atoms with Gasteiger partial charge in [-0.25, -0.2) is 17.8 Å². The van der Waals surface area contributed by atoms with Crippen LogP contribution in [0.1, 0.15) is 51.1 Å². The highest BCUT2D eigenvalue weighted by Gasteiger charge is 2.47. The van der Waals surface area contributed by atoms with Gasteiger partial charge < -0.3 is 10.1 Å². The van der Waals surface area contributed by atoms with Crippen molar-refractivity contribution in [2.75, 3.05) is 11.6 Å². The zero-order valence-electron chi connectivity index (χ0n) is 20.7. The number of benzene rings is 2. The van der Waals surface area contributed by atoms with Crippen LogP contribution >= 0.6 is 0 Å². The zero-order valence-corrected chi connectivity index (χ0v) is 21.5. The van der Waals surface area contributed by atoms with Crippen molar-refractivity contribution in [1.82, 2.24) is 10.2 Å². The first-order chi connectivity index (χ1) is 17.5. The van der Waals surface area contributed by atoms with Gasteiger partial charge in [-0.2, -0.15) is 13.2 Å². The Labute approximate surface area is 215 Å². The minimum Gasteiger partial charge on any atom is -0.436 e. The molecule has 2 N–H and O–H groups in total. The highest BCUT2D eigenvalue weighted by molar-refractivity contribution is 7.91. The van der Waals surface area contributed by atoms with E-state index in [0.717, 1.165) is 6.92 Å². The van der Waals surface area contributed by atoms with E-state index in [2.05, 4.69) is 15.5 Å². The number of hydrogen-bond acceptors (Lipinski definition) is 6. The van der Waals surface area contributed by atoms with E-state index in [-0.39, 0.29) is 45.9 Å². The number of aryl methyl sites for hydroxylation is 1. The number of nitrogens with one attached hydrogen (secondary N) is 2. The van der Waals surface area contributed by atoms with Gasteiger partial charge in [0.25, 0.3) is 11.8 Å². The number of carbonyl (C=O) groups is 1. The minimum atomic E-state index is -4.94. The number of rotatable bonds is 6. The lowest BCUT2D eigenvalue weighted by atomic mass is 10.00. The van der Waals surface area contributed by atoms with Crippen LogP contribution < -0.4 is 10.1 Å². The summed E-state index contributed by atoms with van der Waals surface area (Å²) >= 11 is 0. The van der Waals surface area contributed by atoms with Crippen LogP contribution in [0.15, 0.2) is 35.2 Å². The first-order valence-electron chi connectivity index (χ1n) is 11.3. The van der Waals surface area contributed by atoms with Gasteiger partial charge in [-0.05, 0) is 69.0 Å². The Bertz CT molecular complexity index is 1570. The Balaban J connectivity index is 1.80. The summed E-state index contributed by atoms with van der Waals surface area (Å²) in [5.41, 5.74) is -4.29. The van der Waals surface area contributed by atoms with Crippen molar-refractivity contribution in [2.24, 2.45) is 0 Å². The summed E-state index contributed by atoms with van der Waals surface area (Å²) < 4.78 is 95.9. The van der Waals surface area contributed by atoms with E-state index < -0.39 is 56.0 Å². The first-order valence-corrected chi connectivity index (χ1v) is 13.3. The molecule has 1 heterocycles. The molecule has 0 bridgehead atoms. The van der Waals surface area contributed by atoms with Gasteiger partial charge in [-0.1, -0.05) is 6.07 Å². The number of halogens is 5. The topological polar surface area (TPSA) is 105 Å². The van der Waals surface area contributed by atoms with Crippen LogP contribution in [0.4, 0.5) is 27.6 Å². The number of ether oxygens (including phenoxy) is 1. The van der Waals surface area contributed by atoms with E-state index in [1.165, 1.54) is 50.4 Å². The molecule has 38 heavy (non-hydrogen) atoms.